The molecule has 0 bridgehead atoms. The van der Waals surface area contributed by atoms with Gasteiger partial charge in [0.25, 0.3) is 0 Å². The summed E-state index contributed by atoms with van der Waals surface area (Å²) in [5, 5.41) is 0.814. The van der Waals surface area contributed by atoms with Gasteiger partial charge in [0.2, 0.25) is 0 Å². The van der Waals surface area contributed by atoms with Crippen LogP contribution in [0.1, 0.15) is 66.4 Å². The van der Waals surface area contributed by atoms with Gasteiger partial charge in [-0.3, -0.25) is 4.79 Å². The molecule has 9 heteroatoms. The van der Waals surface area contributed by atoms with Crippen LogP contribution in [-0.2, 0) is 16.0 Å². The van der Waals surface area contributed by atoms with E-state index < -0.39 is 46.8 Å². The van der Waals surface area contributed by atoms with Crippen molar-refractivity contribution in [1.82, 2.24) is 0 Å². The van der Waals surface area contributed by atoms with Crippen molar-refractivity contribution in [3.8, 4) is 17.1 Å². The van der Waals surface area contributed by atoms with Crippen molar-refractivity contribution in [1.29, 1.82) is 0 Å². The van der Waals surface area contributed by atoms with Crippen molar-refractivity contribution in [2.45, 2.75) is 97.2 Å². The number of carbonyl (C=O) groups is 1. The van der Waals surface area contributed by atoms with E-state index in [0.29, 0.717) is 17.8 Å². The first-order valence-corrected chi connectivity index (χ1v) is 14.1. The molecular weight excluding hydrogens is 533 g/mol. The number of nitrogens with two attached hydrogens (primary N) is 2. The lowest BCUT2D eigenvalue weighted by molar-refractivity contribution is -0.265. The number of halogens is 3. The standard InChI is InChI=1S/C32H41F3N2O4/c1-7-19-10-8-9-11-22(19)24-16-20-12-13-21(17-23(20)40-24)39-26-14-15-27(31(26,6)32(33,34)35)41-28(38)30(4,5)25(36)18-29(2,3)37/h8-13,16-17,25-27H,7,14-15,18,36-37H2,1-6H3. The maximum Gasteiger partial charge on any atom is 0.401 e. The lowest BCUT2D eigenvalue weighted by Crippen LogP contribution is -2.54. The van der Waals surface area contributed by atoms with Gasteiger partial charge in [0.15, 0.2) is 0 Å². The van der Waals surface area contributed by atoms with Crippen LogP contribution in [0.15, 0.2) is 52.9 Å². The quantitative estimate of drug-likeness (QED) is 0.263. The molecule has 0 spiro atoms. The summed E-state index contributed by atoms with van der Waals surface area (Å²) in [6.07, 6.45) is -6.21. The van der Waals surface area contributed by atoms with Crippen LogP contribution in [0, 0.1) is 10.8 Å². The Hall–Kier alpha value is -3.04. The Labute approximate surface area is 239 Å². The van der Waals surface area contributed by atoms with Gasteiger partial charge in [-0.05, 0) is 84.1 Å². The minimum absolute atomic E-state index is 0.00105. The molecule has 1 aliphatic carbocycles. The van der Waals surface area contributed by atoms with Gasteiger partial charge >= 0.3 is 12.1 Å². The van der Waals surface area contributed by atoms with Crippen LogP contribution in [0.25, 0.3) is 22.3 Å². The van der Waals surface area contributed by atoms with Crippen molar-refractivity contribution in [3.05, 3.63) is 54.1 Å². The van der Waals surface area contributed by atoms with Crippen LogP contribution in [0.5, 0.6) is 5.75 Å². The summed E-state index contributed by atoms with van der Waals surface area (Å²) < 4.78 is 61.6. The highest BCUT2D eigenvalue weighted by Crippen LogP contribution is 2.53. The Bertz CT molecular complexity index is 1390. The van der Waals surface area contributed by atoms with Crippen molar-refractivity contribution >= 4 is 16.9 Å². The average Bonchev–Trinajstić information content (AvgIpc) is 3.44. The molecule has 0 radical (unpaired) electrons. The number of benzene rings is 2. The molecule has 4 rings (SSSR count). The van der Waals surface area contributed by atoms with Crippen molar-refractivity contribution < 1.29 is 31.9 Å². The highest BCUT2D eigenvalue weighted by Gasteiger charge is 2.66. The summed E-state index contributed by atoms with van der Waals surface area (Å²) >= 11 is 0. The zero-order valence-corrected chi connectivity index (χ0v) is 24.6. The molecule has 3 aromatic rings. The Balaban J connectivity index is 1.56. The number of alkyl halides is 3. The number of furan rings is 1. The van der Waals surface area contributed by atoms with Crippen LogP contribution >= 0.6 is 0 Å². The molecule has 2 aromatic carbocycles. The van der Waals surface area contributed by atoms with E-state index in [1.54, 1.807) is 45.9 Å². The monoisotopic (exact) mass is 574 g/mol. The molecule has 1 aliphatic rings. The molecule has 1 fully saturated rings. The minimum atomic E-state index is -4.70. The van der Waals surface area contributed by atoms with E-state index in [1.165, 1.54) is 0 Å². The molecule has 0 aliphatic heterocycles. The van der Waals surface area contributed by atoms with Gasteiger partial charge in [-0.2, -0.15) is 13.2 Å². The lowest BCUT2D eigenvalue weighted by Gasteiger charge is -2.40. The number of rotatable bonds is 9. The van der Waals surface area contributed by atoms with Crippen LogP contribution in [-0.4, -0.2) is 35.9 Å². The summed E-state index contributed by atoms with van der Waals surface area (Å²) in [6, 6.07) is 14.2. The number of ether oxygens (including phenoxy) is 2. The van der Waals surface area contributed by atoms with E-state index in [0.717, 1.165) is 29.9 Å². The summed E-state index contributed by atoms with van der Waals surface area (Å²) in [6.45, 7) is 9.83. The van der Waals surface area contributed by atoms with Crippen LogP contribution in [0.2, 0.25) is 0 Å². The Morgan fingerprint density at radius 2 is 1.73 bits per heavy atom. The fraction of sp³-hybridized carbons (Fsp3) is 0.531. The van der Waals surface area contributed by atoms with Crippen LogP contribution < -0.4 is 16.2 Å². The lowest BCUT2D eigenvalue weighted by atomic mass is 9.78. The first-order valence-electron chi connectivity index (χ1n) is 14.1. The van der Waals surface area contributed by atoms with Gasteiger partial charge in [-0.1, -0.05) is 31.2 Å². The number of aryl methyl sites for hydroxylation is 1. The Morgan fingerprint density at radius 3 is 2.37 bits per heavy atom. The zero-order chi connectivity index (χ0) is 30.4. The van der Waals surface area contributed by atoms with Crippen molar-refractivity contribution in [2.75, 3.05) is 0 Å². The second-order valence-electron chi connectivity index (χ2n) is 12.7. The summed E-state index contributed by atoms with van der Waals surface area (Å²) in [5.41, 5.74) is 10.6. The van der Waals surface area contributed by atoms with Gasteiger partial charge in [0.05, 0.1) is 5.41 Å². The molecule has 4 unspecified atom stereocenters. The van der Waals surface area contributed by atoms with Crippen LogP contribution in [0.4, 0.5) is 13.2 Å². The van der Waals surface area contributed by atoms with E-state index in [2.05, 4.69) is 6.92 Å². The third kappa shape index (κ3) is 6.11. The highest BCUT2D eigenvalue weighted by molar-refractivity contribution is 5.84. The second-order valence-corrected chi connectivity index (χ2v) is 12.7. The number of fused-ring (bicyclic) bond motifs is 1. The minimum Gasteiger partial charge on any atom is -0.489 e. The van der Waals surface area contributed by atoms with Gasteiger partial charge in [-0.15, -0.1) is 0 Å². The van der Waals surface area contributed by atoms with Crippen molar-refractivity contribution in [2.24, 2.45) is 22.3 Å². The Kier molecular flexibility index (Phi) is 8.28. The largest absolute Gasteiger partial charge is 0.489 e. The molecule has 0 saturated heterocycles. The predicted octanol–water partition coefficient (Wildman–Crippen LogP) is 7.16. The summed E-state index contributed by atoms with van der Waals surface area (Å²) in [4.78, 5) is 13.2. The smallest absolute Gasteiger partial charge is 0.401 e. The first kappa shape index (κ1) is 30.9. The van der Waals surface area contributed by atoms with Crippen LogP contribution in [0.3, 0.4) is 0 Å². The third-order valence-electron chi connectivity index (χ3n) is 8.52. The van der Waals surface area contributed by atoms with E-state index in [-0.39, 0.29) is 18.6 Å². The molecular formula is C32H41F3N2O4. The predicted molar refractivity (Wildman–Crippen MR) is 153 cm³/mol. The van der Waals surface area contributed by atoms with Gasteiger partial charge in [-0.25, -0.2) is 0 Å². The first-order chi connectivity index (χ1) is 19.0. The molecule has 6 nitrogen and oxygen atoms in total. The zero-order valence-electron chi connectivity index (χ0n) is 24.6. The fourth-order valence-corrected chi connectivity index (χ4v) is 5.54. The van der Waals surface area contributed by atoms with E-state index in [4.69, 9.17) is 25.4 Å². The third-order valence-corrected chi connectivity index (χ3v) is 8.52. The molecule has 224 valence electrons. The van der Waals surface area contributed by atoms with E-state index in [9.17, 15) is 18.0 Å². The fourth-order valence-electron chi connectivity index (χ4n) is 5.54. The second kappa shape index (κ2) is 11.0. The SMILES string of the molecule is CCc1ccccc1-c1cc2ccc(OC3CCC(OC(=O)C(C)(C)C(N)CC(C)(C)N)C3(C)C(F)(F)F)cc2o1. The number of carbonyl (C=O) groups excluding carboxylic acids is 1. The maximum atomic E-state index is 14.7. The molecule has 1 aromatic heterocycles. The molecule has 4 N–H and O–H groups in total. The molecule has 41 heavy (non-hydrogen) atoms. The number of hydrogen-bond acceptors (Lipinski definition) is 6. The maximum absolute atomic E-state index is 14.7. The van der Waals surface area contributed by atoms with Gasteiger partial charge in [0.1, 0.15) is 34.7 Å². The number of esters is 1. The topological polar surface area (TPSA) is 101 Å². The van der Waals surface area contributed by atoms with E-state index in [1.807, 2.05) is 30.3 Å². The highest BCUT2D eigenvalue weighted by atomic mass is 19.4. The summed E-state index contributed by atoms with van der Waals surface area (Å²) in [5.74, 6) is 0.149. The summed E-state index contributed by atoms with van der Waals surface area (Å²) in [7, 11) is 0. The van der Waals surface area contributed by atoms with Crippen molar-refractivity contribution in [3.63, 3.8) is 0 Å². The molecule has 4 atom stereocenters. The van der Waals surface area contributed by atoms with Gasteiger partial charge in [0, 0.05) is 28.6 Å². The molecule has 1 saturated carbocycles. The Morgan fingerprint density at radius 1 is 1.07 bits per heavy atom. The normalized spacial score (nSPS) is 22.6. The van der Waals surface area contributed by atoms with Gasteiger partial charge < -0.3 is 25.4 Å². The number of hydrogen-bond donors (Lipinski definition) is 2. The average molecular weight is 575 g/mol. The molecule has 1 heterocycles. The van der Waals surface area contributed by atoms with E-state index >= 15 is 0 Å². The molecule has 0 amide bonds.